The molecule has 168 valence electrons. The summed E-state index contributed by atoms with van der Waals surface area (Å²) in [5.74, 6) is -2.09. The van der Waals surface area contributed by atoms with E-state index in [2.05, 4.69) is 15.3 Å². The molecule has 0 spiro atoms. The van der Waals surface area contributed by atoms with E-state index in [0.29, 0.717) is 31.2 Å². The average molecular weight is 443 g/mol. The molecule has 0 unspecified atom stereocenters. The molecule has 12 heteroatoms. The minimum absolute atomic E-state index is 0.156. The molecule has 2 aromatic rings. The summed E-state index contributed by atoms with van der Waals surface area (Å²) in [6, 6.07) is 3.85. The molecular weight excluding hydrogens is 422 g/mol. The molecule has 1 saturated heterocycles. The van der Waals surface area contributed by atoms with Crippen LogP contribution in [-0.4, -0.2) is 74.0 Å². The van der Waals surface area contributed by atoms with Gasteiger partial charge in [-0.2, -0.15) is 13.8 Å². The standard InChI is InChI=1S/C19H21F4N5O3/c1-24-16-13(21)11-25-19(26-16)28(18(22)23)14-3-2-12(10-15(14)31-7-4-20)17(29)27-5-8-30-9-6-27/h2-3,10-11,18H,4-9H2,1H3,(H,24,25,26). The second-order valence-electron chi connectivity index (χ2n) is 6.39. The molecule has 3 rings (SSSR count). The fourth-order valence-electron chi connectivity index (χ4n) is 3.01. The molecule has 0 saturated carbocycles. The number of alkyl halides is 3. The van der Waals surface area contributed by atoms with Crippen LogP contribution in [0.25, 0.3) is 0 Å². The average Bonchev–Trinajstić information content (AvgIpc) is 2.79. The minimum atomic E-state index is -3.14. The maximum absolute atomic E-state index is 14.0. The lowest BCUT2D eigenvalue weighted by Gasteiger charge is -2.28. The van der Waals surface area contributed by atoms with E-state index in [1.807, 2.05) is 0 Å². The summed E-state index contributed by atoms with van der Waals surface area (Å²) in [6.45, 7) is -2.85. The van der Waals surface area contributed by atoms with Crippen LogP contribution < -0.4 is 15.0 Å². The molecule has 1 amide bonds. The Hall–Kier alpha value is -3.15. The zero-order valence-electron chi connectivity index (χ0n) is 16.7. The van der Waals surface area contributed by atoms with Crippen LogP contribution in [0.15, 0.2) is 24.4 Å². The number of morpholine rings is 1. The van der Waals surface area contributed by atoms with Gasteiger partial charge in [0.25, 0.3) is 5.91 Å². The lowest BCUT2D eigenvalue weighted by Crippen LogP contribution is -2.40. The Morgan fingerprint density at radius 2 is 2.10 bits per heavy atom. The van der Waals surface area contributed by atoms with E-state index in [1.165, 1.54) is 25.2 Å². The zero-order valence-corrected chi connectivity index (χ0v) is 16.7. The Balaban J connectivity index is 2.01. The molecule has 31 heavy (non-hydrogen) atoms. The number of anilines is 3. The van der Waals surface area contributed by atoms with Crippen molar-refractivity contribution in [1.82, 2.24) is 14.9 Å². The number of benzene rings is 1. The Morgan fingerprint density at radius 1 is 1.35 bits per heavy atom. The van der Waals surface area contributed by atoms with Crippen LogP contribution in [0.2, 0.25) is 0 Å². The first kappa shape index (κ1) is 22.5. The van der Waals surface area contributed by atoms with Crippen LogP contribution in [0, 0.1) is 5.82 Å². The van der Waals surface area contributed by atoms with Crippen LogP contribution in [0.5, 0.6) is 5.75 Å². The number of hydrogen-bond acceptors (Lipinski definition) is 7. The largest absolute Gasteiger partial charge is 0.489 e. The molecule has 1 fully saturated rings. The van der Waals surface area contributed by atoms with Crippen molar-refractivity contribution in [2.24, 2.45) is 0 Å². The second kappa shape index (κ2) is 10.2. The van der Waals surface area contributed by atoms with E-state index in [-0.39, 0.29) is 28.7 Å². The zero-order chi connectivity index (χ0) is 22.4. The SMILES string of the molecule is CNc1nc(N(c2ccc(C(=O)N3CCOCC3)cc2OCCF)C(F)F)ncc1F. The Labute approximate surface area is 175 Å². The van der Waals surface area contributed by atoms with Gasteiger partial charge in [-0.25, -0.2) is 18.7 Å². The summed E-state index contributed by atoms with van der Waals surface area (Å²) in [7, 11) is 1.38. The van der Waals surface area contributed by atoms with Crippen molar-refractivity contribution in [3.63, 3.8) is 0 Å². The van der Waals surface area contributed by atoms with Gasteiger partial charge in [-0.15, -0.1) is 0 Å². The molecule has 0 aliphatic carbocycles. The van der Waals surface area contributed by atoms with Gasteiger partial charge in [-0.1, -0.05) is 0 Å². The van der Waals surface area contributed by atoms with Gasteiger partial charge in [0.2, 0.25) is 5.95 Å². The lowest BCUT2D eigenvalue weighted by molar-refractivity contribution is 0.0302. The number of amides is 1. The maximum Gasteiger partial charge on any atom is 0.321 e. The van der Waals surface area contributed by atoms with E-state index in [4.69, 9.17) is 9.47 Å². The van der Waals surface area contributed by atoms with E-state index < -0.39 is 31.6 Å². The van der Waals surface area contributed by atoms with Crippen molar-refractivity contribution in [3.8, 4) is 5.75 Å². The summed E-state index contributed by atoms with van der Waals surface area (Å²) in [5, 5.41) is 2.45. The smallest absolute Gasteiger partial charge is 0.321 e. The monoisotopic (exact) mass is 443 g/mol. The molecule has 1 aromatic heterocycles. The highest BCUT2D eigenvalue weighted by molar-refractivity contribution is 5.95. The number of ether oxygens (including phenoxy) is 2. The molecule has 1 N–H and O–H groups in total. The topological polar surface area (TPSA) is 79.8 Å². The maximum atomic E-state index is 14.0. The van der Waals surface area contributed by atoms with Gasteiger partial charge in [0.1, 0.15) is 19.0 Å². The van der Waals surface area contributed by atoms with Crippen LogP contribution in [0.4, 0.5) is 35.0 Å². The second-order valence-corrected chi connectivity index (χ2v) is 6.39. The Bertz CT molecular complexity index is 912. The molecule has 0 atom stereocenters. The summed E-state index contributed by atoms with van der Waals surface area (Å²) in [5.41, 5.74) is -0.0136. The van der Waals surface area contributed by atoms with Crippen LogP contribution >= 0.6 is 0 Å². The summed E-state index contributed by atoms with van der Waals surface area (Å²) >= 11 is 0. The van der Waals surface area contributed by atoms with Gasteiger partial charge in [0, 0.05) is 25.7 Å². The molecule has 0 radical (unpaired) electrons. The number of rotatable bonds is 8. The summed E-state index contributed by atoms with van der Waals surface area (Å²) in [6.07, 6.45) is 0.752. The molecule has 8 nitrogen and oxygen atoms in total. The number of halogens is 4. The summed E-state index contributed by atoms with van der Waals surface area (Å²) in [4.78, 5) is 22.1. The van der Waals surface area contributed by atoms with E-state index >= 15 is 0 Å². The predicted molar refractivity (Wildman–Crippen MR) is 104 cm³/mol. The normalized spacial score (nSPS) is 13.9. The minimum Gasteiger partial charge on any atom is -0.489 e. The first-order valence-corrected chi connectivity index (χ1v) is 9.43. The third-order valence-electron chi connectivity index (χ3n) is 4.48. The van der Waals surface area contributed by atoms with Crippen molar-refractivity contribution in [2.75, 3.05) is 56.8 Å². The van der Waals surface area contributed by atoms with Crippen molar-refractivity contribution < 1.29 is 31.8 Å². The number of nitrogens with zero attached hydrogens (tertiary/aromatic N) is 4. The molecule has 1 aliphatic heterocycles. The number of aromatic nitrogens is 2. The highest BCUT2D eigenvalue weighted by atomic mass is 19.3. The number of nitrogens with one attached hydrogen (secondary N) is 1. The van der Waals surface area contributed by atoms with Gasteiger partial charge in [-0.3, -0.25) is 4.79 Å². The van der Waals surface area contributed by atoms with Crippen LogP contribution in [0.1, 0.15) is 10.4 Å². The van der Waals surface area contributed by atoms with Crippen LogP contribution in [0.3, 0.4) is 0 Å². The van der Waals surface area contributed by atoms with E-state index in [9.17, 15) is 22.4 Å². The fraction of sp³-hybridized carbons (Fsp3) is 0.421. The highest BCUT2D eigenvalue weighted by Crippen LogP contribution is 2.36. The van der Waals surface area contributed by atoms with Crippen molar-refractivity contribution in [3.05, 3.63) is 35.8 Å². The summed E-state index contributed by atoms with van der Waals surface area (Å²) < 4.78 is 64.9. The van der Waals surface area contributed by atoms with Gasteiger partial charge >= 0.3 is 6.55 Å². The van der Waals surface area contributed by atoms with Gasteiger partial charge in [-0.05, 0) is 18.2 Å². The molecular formula is C19H21F4N5O3. The van der Waals surface area contributed by atoms with Gasteiger partial charge in [0.05, 0.1) is 25.1 Å². The number of carbonyl (C=O) groups excluding carboxylic acids is 1. The molecule has 2 heterocycles. The Kier molecular flexibility index (Phi) is 7.45. The fourth-order valence-corrected chi connectivity index (χ4v) is 3.01. The number of carbonyl (C=O) groups is 1. The quantitative estimate of drug-likeness (QED) is 0.497. The first-order valence-electron chi connectivity index (χ1n) is 9.43. The third kappa shape index (κ3) is 5.13. The van der Waals surface area contributed by atoms with E-state index in [1.54, 1.807) is 4.90 Å². The van der Waals surface area contributed by atoms with Crippen molar-refractivity contribution in [2.45, 2.75) is 6.55 Å². The van der Waals surface area contributed by atoms with Crippen molar-refractivity contribution in [1.29, 1.82) is 0 Å². The number of hydrogen-bond donors (Lipinski definition) is 1. The van der Waals surface area contributed by atoms with Gasteiger partial charge in [0.15, 0.2) is 11.6 Å². The Morgan fingerprint density at radius 3 is 2.74 bits per heavy atom. The first-order chi connectivity index (χ1) is 15.0. The van der Waals surface area contributed by atoms with Crippen LogP contribution in [-0.2, 0) is 4.74 Å². The lowest BCUT2D eigenvalue weighted by atomic mass is 10.1. The predicted octanol–water partition coefficient (Wildman–Crippen LogP) is 2.84. The van der Waals surface area contributed by atoms with E-state index in [0.717, 1.165) is 6.20 Å². The molecule has 0 bridgehead atoms. The third-order valence-corrected chi connectivity index (χ3v) is 4.48. The molecule has 1 aromatic carbocycles. The van der Waals surface area contributed by atoms with Crippen molar-refractivity contribution >= 4 is 23.4 Å². The molecule has 1 aliphatic rings. The van der Waals surface area contributed by atoms with Gasteiger partial charge < -0.3 is 19.7 Å². The highest BCUT2D eigenvalue weighted by Gasteiger charge is 2.28.